The van der Waals surface area contributed by atoms with E-state index in [2.05, 4.69) is 6.92 Å². The summed E-state index contributed by atoms with van der Waals surface area (Å²) < 4.78 is 0. The molecule has 98 valence electrons. The number of nitrogen functional groups attached to an aromatic ring is 1. The van der Waals surface area contributed by atoms with Crippen molar-refractivity contribution < 1.29 is 9.90 Å². The maximum atomic E-state index is 11.6. The first-order chi connectivity index (χ1) is 8.50. The van der Waals surface area contributed by atoms with Crippen LogP contribution in [0.5, 0.6) is 0 Å². The van der Waals surface area contributed by atoms with Gasteiger partial charge >= 0.3 is 5.97 Å². The molecule has 0 bridgehead atoms. The summed E-state index contributed by atoms with van der Waals surface area (Å²) in [4.78, 5) is 11.6. The van der Waals surface area contributed by atoms with Crippen molar-refractivity contribution in [3.05, 3.63) is 28.8 Å². The van der Waals surface area contributed by atoms with E-state index >= 15 is 0 Å². The molecule has 0 aliphatic heterocycles. The number of anilines is 1. The second kappa shape index (κ2) is 5.19. The highest BCUT2D eigenvalue weighted by Gasteiger charge is 2.35. The molecule has 0 aromatic heterocycles. The summed E-state index contributed by atoms with van der Waals surface area (Å²) in [6.07, 6.45) is 2.99. The van der Waals surface area contributed by atoms with Gasteiger partial charge in [-0.3, -0.25) is 4.79 Å². The van der Waals surface area contributed by atoms with Gasteiger partial charge in [-0.1, -0.05) is 37.1 Å². The van der Waals surface area contributed by atoms with E-state index < -0.39 is 11.9 Å². The predicted octanol–water partition coefficient (Wildman–Crippen LogP) is 3.53. The highest BCUT2D eigenvalue weighted by molar-refractivity contribution is 6.33. The minimum absolute atomic E-state index is 0.165. The monoisotopic (exact) mass is 267 g/mol. The molecule has 0 spiro atoms. The van der Waals surface area contributed by atoms with Gasteiger partial charge in [0.25, 0.3) is 0 Å². The Hall–Kier alpha value is -1.22. The summed E-state index contributed by atoms with van der Waals surface area (Å²) in [7, 11) is 0. The van der Waals surface area contributed by atoms with Gasteiger partial charge in [-0.05, 0) is 36.3 Å². The highest BCUT2D eigenvalue weighted by atomic mass is 35.5. The zero-order valence-corrected chi connectivity index (χ0v) is 11.2. The maximum Gasteiger partial charge on any atom is 0.311 e. The Kier molecular flexibility index (Phi) is 3.81. The Morgan fingerprint density at radius 2 is 2.22 bits per heavy atom. The van der Waals surface area contributed by atoms with Crippen LogP contribution in [-0.4, -0.2) is 11.1 Å². The average Bonchev–Trinajstić information content (AvgIpc) is 2.71. The molecule has 0 radical (unpaired) electrons. The highest BCUT2D eigenvalue weighted by Crippen LogP contribution is 2.42. The number of benzene rings is 1. The van der Waals surface area contributed by atoms with E-state index in [1.54, 1.807) is 18.2 Å². The van der Waals surface area contributed by atoms with E-state index in [0.717, 1.165) is 19.3 Å². The number of halogens is 1. The minimum Gasteiger partial charge on any atom is -0.481 e. The van der Waals surface area contributed by atoms with Gasteiger partial charge < -0.3 is 10.8 Å². The normalized spacial score (nSPS) is 25.0. The van der Waals surface area contributed by atoms with Crippen LogP contribution in [-0.2, 0) is 4.79 Å². The molecular formula is C14H18ClNO2. The van der Waals surface area contributed by atoms with Crippen molar-refractivity contribution in [2.75, 3.05) is 5.73 Å². The lowest BCUT2D eigenvalue weighted by molar-refractivity contribution is -0.140. The van der Waals surface area contributed by atoms with E-state index in [0.29, 0.717) is 22.2 Å². The Morgan fingerprint density at radius 3 is 2.78 bits per heavy atom. The summed E-state index contributed by atoms with van der Waals surface area (Å²) in [5.74, 6) is -0.577. The lowest BCUT2D eigenvalue weighted by Crippen LogP contribution is -2.21. The number of hydrogen-bond acceptors (Lipinski definition) is 2. The van der Waals surface area contributed by atoms with Crippen molar-refractivity contribution in [3.8, 4) is 0 Å². The van der Waals surface area contributed by atoms with Crippen molar-refractivity contribution in [1.82, 2.24) is 0 Å². The van der Waals surface area contributed by atoms with Crippen LogP contribution in [0, 0.1) is 11.8 Å². The Balaban J connectivity index is 2.36. The second-order valence-corrected chi connectivity index (χ2v) is 5.64. The van der Waals surface area contributed by atoms with Gasteiger partial charge in [-0.2, -0.15) is 0 Å². The number of carboxylic acid groups (broad SMARTS) is 1. The largest absolute Gasteiger partial charge is 0.481 e. The summed E-state index contributed by atoms with van der Waals surface area (Å²) in [6.45, 7) is 2.17. The zero-order chi connectivity index (χ0) is 13.3. The van der Waals surface area contributed by atoms with Crippen LogP contribution in [0.25, 0.3) is 0 Å². The smallest absolute Gasteiger partial charge is 0.311 e. The van der Waals surface area contributed by atoms with Gasteiger partial charge in [-0.25, -0.2) is 0 Å². The molecule has 0 heterocycles. The van der Waals surface area contributed by atoms with Crippen LogP contribution in [0.1, 0.15) is 37.7 Å². The molecule has 1 saturated carbocycles. The molecule has 0 amide bonds. The third-order valence-corrected chi connectivity index (χ3v) is 4.22. The molecule has 0 saturated heterocycles. The molecule has 3 atom stereocenters. The number of nitrogens with two attached hydrogens (primary N) is 1. The van der Waals surface area contributed by atoms with E-state index in [4.69, 9.17) is 17.3 Å². The number of aliphatic carboxylic acids is 1. The van der Waals surface area contributed by atoms with Crippen molar-refractivity contribution >= 4 is 23.3 Å². The first-order valence-corrected chi connectivity index (χ1v) is 6.65. The first-order valence-electron chi connectivity index (χ1n) is 6.27. The fourth-order valence-electron chi connectivity index (χ4n) is 2.97. The van der Waals surface area contributed by atoms with Crippen molar-refractivity contribution in [2.24, 2.45) is 11.8 Å². The Morgan fingerprint density at radius 1 is 1.50 bits per heavy atom. The summed E-state index contributed by atoms with van der Waals surface area (Å²) in [5, 5.41) is 9.93. The van der Waals surface area contributed by atoms with Crippen LogP contribution in [0.4, 0.5) is 5.69 Å². The number of para-hydroxylation sites is 1. The number of rotatable bonds is 3. The molecule has 1 aromatic carbocycles. The van der Waals surface area contributed by atoms with Crippen molar-refractivity contribution in [2.45, 2.75) is 32.1 Å². The Labute approximate surface area is 112 Å². The molecule has 3 N–H and O–H groups in total. The molecule has 1 aliphatic carbocycles. The molecule has 3 nitrogen and oxygen atoms in total. The summed E-state index contributed by atoms with van der Waals surface area (Å²) >= 11 is 5.98. The van der Waals surface area contributed by atoms with Crippen LogP contribution in [0.2, 0.25) is 5.02 Å². The van der Waals surface area contributed by atoms with Gasteiger partial charge in [0.2, 0.25) is 0 Å². The first kappa shape index (κ1) is 13.2. The molecule has 2 rings (SSSR count). The third-order valence-electron chi connectivity index (χ3n) is 3.89. The van der Waals surface area contributed by atoms with Crippen molar-refractivity contribution in [3.63, 3.8) is 0 Å². The Bertz CT molecular complexity index is 461. The SMILES string of the molecule is CC1CCC(C(C(=O)O)c2cccc(Cl)c2N)C1. The van der Waals surface area contributed by atoms with Gasteiger partial charge in [0.1, 0.15) is 0 Å². The number of hydrogen-bond donors (Lipinski definition) is 2. The van der Waals surface area contributed by atoms with Gasteiger partial charge in [0.05, 0.1) is 16.6 Å². The molecule has 1 fully saturated rings. The van der Waals surface area contributed by atoms with E-state index in [-0.39, 0.29) is 5.92 Å². The molecule has 18 heavy (non-hydrogen) atoms. The summed E-state index contributed by atoms with van der Waals surface area (Å²) in [5.41, 5.74) is 7.00. The maximum absolute atomic E-state index is 11.6. The van der Waals surface area contributed by atoms with Gasteiger partial charge in [-0.15, -0.1) is 0 Å². The van der Waals surface area contributed by atoms with Gasteiger partial charge in [0, 0.05) is 0 Å². The molecule has 3 unspecified atom stereocenters. The van der Waals surface area contributed by atoms with E-state index in [9.17, 15) is 9.90 Å². The van der Waals surface area contributed by atoms with Crippen LogP contribution >= 0.6 is 11.6 Å². The quantitative estimate of drug-likeness (QED) is 0.824. The van der Waals surface area contributed by atoms with Crippen LogP contribution in [0.15, 0.2) is 18.2 Å². The fourth-order valence-corrected chi connectivity index (χ4v) is 3.15. The average molecular weight is 268 g/mol. The van der Waals surface area contributed by atoms with Crippen LogP contribution in [0.3, 0.4) is 0 Å². The number of carboxylic acids is 1. The molecule has 1 aliphatic rings. The third kappa shape index (κ3) is 2.46. The van der Waals surface area contributed by atoms with Crippen LogP contribution < -0.4 is 5.73 Å². The fraction of sp³-hybridized carbons (Fsp3) is 0.500. The number of carbonyl (C=O) groups is 1. The van der Waals surface area contributed by atoms with E-state index in [1.165, 1.54) is 0 Å². The molecule has 1 aromatic rings. The topological polar surface area (TPSA) is 63.3 Å². The zero-order valence-electron chi connectivity index (χ0n) is 10.4. The predicted molar refractivity (Wildman–Crippen MR) is 72.7 cm³/mol. The standard InChI is InChI=1S/C14H18ClNO2/c1-8-5-6-9(7-8)12(14(17)18)10-3-2-4-11(15)13(10)16/h2-4,8-9,12H,5-7,16H2,1H3,(H,17,18). The molecular weight excluding hydrogens is 250 g/mol. The second-order valence-electron chi connectivity index (χ2n) is 5.24. The van der Waals surface area contributed by atoms with E-state index in [1.807, 2.05) is 0 Å². The minimum atomic E-state index is -0.803. The van der Waals surface area contributed by atoms with Gasteiger partial charge in [0.15, 0.2) is 0 Å². The lowest BCUT2D eigenvalue weighted by atomic mass is 9.83. The molecule has 4 heteroatoms. The lowest BCUT2D eigenvalue weighted by Gasteiger charge is -2.21. The van der Waals surface area contributed by atoms with Crippen molar-refractivity contribution in [1.29, 1.82) is 0 Å². The summed E-state index contributed by atoms with van der Waals surface area (Å²) in [6, 6.07) is 5.24.